The van der Waals surface area contributed by atoms with E-state index in [2.05, 4.69) is 4.99 Å². The van der Waals surface area contributed by atoms with Gasteiger partial charge in [0.15, 0.2) is 16.3 Å². The standard InChI is InChI=1S/C18H17FN2O3S/c1-4-21-13-9-8-11(19)10-15(13)25-18(21)20-17(22)12-6-5-7-14(23-2)16(12)24-3/h5-10H,4H2,1-3H3. The molecule has 0 atom stereocenters. The van der Waals surface area contributed by atoms with Gasteiger partial charge < -0.3 is 14.0 Å². The van der Waals surface area contributed by atoms with Crippen molar-refractivity contribution in [3.63, 3.8) is 0 Å². The van der Waals surface area contributed by atoms with E-state index in [9.17, 15) is 9.18 Å². The van der Waals surface area contributed by atoms with Gasteiger partial charge in [0.2, 0.25) is 0 Å². The van der Waals surface area contributed by atoms with Crippen molar-refractivity contribution in [2.24, 2.45) is 4.99 Å². The Balaban J connectivity index is 2.15. The SMILES string of the molecule is CCn1c(=NC(=O)c2cccc(OC)c2OC)sc2cc(F)ccc21. The maximum absolute atomic E-state index is 13.5. The normalized spacial score (nSPS) is 11.8. The summed E-state index contributed by atoms with van der Waals surface area (Å²) < 4.78 is 26.6. The first-order valence-electron chi connectivity index (χ1n) is 7.68. The quantitative estimate of drug-likeness (QED) is 0.714. The third kappa shape index (κ3) is 3.15. The molecule has 0 unspecified atom stereocenters. The van der Waals surface area contributed by atoms with Gasteiger partial charge in [0.05, 0.1) is 30.0 Å². The molecule has 0 fully saturated rings. The lowest BCUT2D eigenvalue weighted by Gasteiger charge is -2.09. The summed E-state index contributed by atoms with van der Waals surface area (Å²) in [6, 6.07) is 9.60. The number of rotatable bonds is 4. The van der Waals surface area contributed by atoms with Gasteiger partial charge in [-0.2, -0.15) is 4.99 Å². The minimum absolute atomic E-state index is 0.313. The molecule has 3 aromatic rings. The molecule has 3 rings (SSSR count). The molecule has 0 spiro atoms. The van der Waals surface area contributed by atoms with E-state index in [4.69, 9.17) is 9.47 Å². The first kappa shape index (κ1) is 17.2. The Labute approximate surface area is 148 Å². The molecule has 5 nitrogen and oxygen atoms in total. The number of aryl methyl sites for hydroxylation is 1. The highest BCUT2D eigenvalue weighted by Crippen LogP contribution is 2.31. The van der Waals surface area contributed by atoms with Crippen molar-refractivity contribution in [1.82, 2.24) is 4.57 Å². The van der Waals surface area contributed by atoms with Crippen LogP contribution in [0.3, 0.4) is 0 Å². The monoisotopic (exact) mass is 360 g/mol. The maximum Gasteiger partial charge on any atom is 0.283 e. The molecule has 1 aromatic heterocycles. The van der Waals surface area contributed by atoms with E-state index in [1.54, 1.807) is 24.3 Å². The van der Waals surface area contributed by atoms with Crippen LogP contribution < -0.4 is 14.3 Å². The number of hydrogen-bond donors (Lipinski definition) is 0. The number of para-hydroxylation sites is 1. The minimum Gasteiger partial charge on any atom is -0.493 e. The van der Waals surface area contributed by atoms with Crippen LogP contribution >= 0.6 is 11.3 Å². The number of carbonyl (C=O) groups is 1. The number of carbonyl (C=O) groups excluding carboxylic acids is 1. The van der Waals surface area contributed by atoms with E-state index in [1.165, 1.54) is 37.7 Å². The summed E-state index contributed by atoms with van der Waals surface area (Å²) in [6.07, 6.45) is 0. The van der Waals surface area contributed by atoms with Gasteiger partial charge in [-0.25, -0.2) is 4.39 Å². The van der Waals surface area contributed by atoms with Crippen LogP contribution in [0.25, 0.3) is 10.2 Å². The lowest BCUT2D eigenvalue weighted by Crippen LogP contribution is -2.16. The fraction of sp³-hybridized carbons (Fsp3) is 0.222. The number of amides is 1. The maximum atomic E-state index is 13.5. The molecule has 2 aromatic carbocycles. The van der Waals surface area contributed by atoms with Gasteiger partial charge in [-0.3, -0.25) is 4.79 Å². The van der Waals surface area contributed by atoms with Crippen molar-refractivity contribution < 1.29 is 18.7 Å². The van der Waals surface area contributed by atoms with E-state index < -0.39 is 5.91 Å². The highest BCUT2D eigenvalue weighted by atomic mass is 32.1. The second-order valence-electron chi connectivity index (χ2n) is 5.20. The van der Waals surface area contributed by atoms with E-state index in [1.807, 2.05) is 11.5 Å². The summed E-state index contributed by atoms with van der Waals surface area (Å²) in [5.41, 5.74) is 1.16. The van der Waals surface area contributed by atoms with Crippen LogP contribution in [0.15, 0.2) is 41.4 Å². The Bertz CT molecular complexity index is 1010. The minimum atomic E-state index is -0.440. The zero-order valence-electron chi connectivity index (χ0n) is 14.1. The average Bonchev–Trinajstić information content (AvgIpc) is 2.96. The summed E-state index contributed by atoms with van der Waals surface area (Å²) in [4.78, 5) is 17.4. The summed E-state index contributed by atoms with van der Waals surface area (Å²) in [5, 5.41) is 0. The highest BCUT2D eigenvalue weighted by molar-refractivity contribution is 7.16. The Morgan fingerprint density at radius 3 is 2.72 bits per heavy atom. The van der Waals surface area contributed by atoms with Gasteiger partial charge in [-0.15, -0.1) is 0 Å². The number of methoxy groups -OCH3 is 2. The van der Waals surface area contributed by atoms with Gasteiger partial charge >= 0.3 is 0 Å². The van der Waals surface area contributed by atoms with Crippen LogP contribution in [0.1, 0.15) is 17.3 Å². The fourth-order valence-electron chi connectivity index (χ4n) is 2.64. The molecule has 7 heteroatoms. The number of thiazole rings is 1. The van der Waals surface area contributed by atoms with Crippen LogP contribution in [0, 0.1) is 5.82 Å². The predicted octanol–water partition coefficient (Wildman–Crippen LogP) is 3.62. The van der Waals surface area contributed by atoms with Crippen LogP contribution in [0.4, 0.5) is 4.39 Å². The number of hydrogen-bond acceptors (Lipinski definition) is 4. The molecule has 0 radical (unpaired) electrons. The number of fused-ring (bicyclic) bond motifs is 1. The van der Waals surface area contributed by atoms with Crippen LogP contribution in [0.2, 0.25) is 0 Å². The first-order chi connectivity index (χ1) is 12.1. The summed E-state index contributed by atoms with van der Waals surface area (Å²) in [7, 11) is 2.98. The molecule has 0 aliphatic rings. The lowest BCUT2D eigenvalue weighted by atomic mass is 10.2. The summed E-state index contributed by atoms with van der Waals surface area (Å²) in [6.45, 7) is 2.57. The fourth-order valence-corrected chi connectivity index (χ4v) is 3.76. The summed E-state index contributed by atoms with van der Waals surface area (Å²) in [5.74, 6) is 0.0496. The first-order valence-corrected chi connectivity index (χ1v) is 8.49. The number of ether oxygens (including phenoxy) is 2. The number of nitrogens with zero attached hydrogens (tertiary/aromatic N) is 2. The molecular weight excluding hydrogens is 343 g/mol. The van der Waals surface area contributed by atoms with Crippen LogP contribution in [-0.2, 0) is 6.54 Å². The summed E-state index contributed by atoms with van der Waals surface area (Å²) >= 11 is 1.27. The van der Waals surface area contributed by atoms with Gasteiger partial charge in [-0.05, 0) is 37.3 Å². The molecule has 25 heavy (non-hydrogen) atoms. The second kappa shape index (κ2) is 7.06. The third-order valence-electron chi connectivity index (χ3n) is 3.79. The topological polar surface area (TPSA) is 52.8 Å². The second-order valence-corrected chi connectivity index (χ2v) is 6.21. The molecular formula is C18H17FN2O3S. The van der Waals surface area contributed by atoms with E-state index >= 15 is 0 Å². The van der Waals surface area contributed by atoms with Gasteiger partial charge in [-0.1, -0.05) is 17.4 Å². The van der Waals surface area contributed by atoms with Gasteiger partial charge in [0, 0.05) is 6.54 Å². The largest absolute Gasteiger partial charge is 0.493 e. The van der Waals surface area contributed by atoms with Crippen molar-refractivity contribution in [3.8, 4) is 11.5 Å². The smallest absolute Gasteiger partial charge is 0.283 e. The molecule has 130 valence electrons. The Kier molecular flexibility index (Phi) is 4.85. The Morgan fingerprint density at radius 1 is 1.24 bits per heavy atom. The van der Waals surface area contributed by atoms with Crippen molar-refractivity contribution in [1.29, 1.82) is 0 Å². The predicted molar refractivity (Wildman–Crippen MR) is 94.9 cm³/mol. The average molecular weight is 360 g/mol. The van der Waals surface area contributed by atoms with Gasteiger partial charge in [0.25, 0.3) is 5.91 Å². The van der Waals surface area contributed by atoms with E-state index in [0.29, 0.717) is 28.4 Å². The number of halogens is 1. The molecule has 0 saturated heterocycles. The highest BCUT2D eigenvalue weighted by Gasteiger charge is 2.16. The number of benzene rings is 2. The van der Waals surface area contributed by atoms with Crippen molar-refractivity contribution >= 4 is 27.5 Å². The Morgan fingerprint density at radius 2 is 2.04 bits per heavy atom. The number of aromatic nitrogens is 1. The third-order valence-corrected chi connectivity index (χ3v) is 4.83. The van der Waals surface area contributed by atoms with Crippen LogP contribution in [-0.4, -0.2) is 24.7 Å². The van der Waals surface area contributed by atoms with E-state index in [-0.39, 0.29) is 5.82 Å². The molecule has 0 N–H and O–H groups in total. The molecule has 0 aliphatic carbocycles. The zero-order valence-corrected chi connectivity index (χ0v) is 14.9. The van der Waals surface area contributed by atoms with Gasteiger partial charge in [0.1, 0.15) is 5.82 Å². The van der Waals surface area contributed by atoms with Crippen molar-refractivity contribution in [2.45, 2.75) is 13.5 Å². The molecule has 1 amide bonds. The zero-order chi connectivity index (χ0) is 18.0. The lowest BCUT2D eigenvalue weighted by molar-refractivity contribution is 0.0994. The van der Waals surface area contributed by atoms with E-state index in [0.717, 1.165) is 10.2 Å². The molecule has 0 saturated carbocycles. The van der Waals surface area contributed by atoms with Crippen LogP contribution in [0.5, 0.6) is 11.5 Å². The Hall–Kier alpha value is -2.67. The molecule has 0 aliphatic heterocycles. The molecule has 0 bridgehead atoms. The molecule has 1 heterocycles. The van der Waals surface area contributed by atoms with Crippen molar-refractivity contribution in [3.05, 3.63) is 52.6 Å². The van der Waals surface area contributed by atoms with Crippen molar-refractivity contribution in [2.75, 3.05) is 14.2 Å².